The molecule has 0 saturated carbocycles. The van der Waals surface area contributed by atoms with Crippen LogP contribution in [0.25, 0.3) is 0 Å². The summed E-state index contributed by atoms with van der Waals surface area (Å²) in [6.45, 7) is 16.5. The lowest BCUT2D eigenvalue weighted by atomic mass is 9.80. The van der Waals surface area contributed by atoms with Crippen molar-refractivity contribution in [2.24, 2.45) is 0 Å². The Bertz CT molecular complexity index is 708. The Morgan fingerprint density at radius 1 is 1.07 bits per heavy atom. The molecule has 0 aliphatic carbocycles. The minimum absolute atomic E-state index is 0.253. The van der Waals surface area contributed by atoms with Crippen LogP contribution in [0.3, 0.4) is 0 Å². The van der Waals surface area contributed by atoms with Gasteiger partial charge in [0.15, 0.2) is 0 Å². The van der Waals surface area contributed by atoms with Crippen LogP contribution in [0.2, 0.25) is 0 Å². The van der Waals surface area contributed by atoms with Crippen molar-refractivity contribution in [2.75, 3.05) is 31.1 Å². The second-order valence-electron chi connectivity index (χ2n) is 9.52. The summed E-state index contributed by atoms with van der Waals surface area (Å²) in [6, 6.07) is 2.07. The van der Waals surface area contributed by atoms with E-state index in [9.17, 15) is 4.79 Å². The molecule has 0 radical (unpaired) electrons. The Morgan fingerprint density at radius 2 is 1.64 bits per heavy atom. The van der Waals surface area contributed by atoms with Crippen LogP contribution in [-0.4, -0.2) is 66.1 Å². The number of carbonyl (C=O) groups excluding carboxylic acids is 1. The summed E-state index contributed by atoms with van der Waals surface area (Å²) >= 11 is 0. The average molecular weight is 389 g/mol. The lowest BCUT2D eigenvalue weighted by molar-refractivity contribution is 0.00578. The van der Waals surface area contributed by atoms with Crippen LogP contribution in [0.1, 0.15) is 48.5 Å². The molecule has 0 atom stereocenters. The van der Waals surface area contributed by atoms with E-state index in [4.69, 9.17) is 14.0 Å². The molecule has 2 fully saturated rings. The molecular weight excluding hydrogens is 357 g/mol. The summed E-state index contributed by atoms with van der Waals surface area (Å²) in [4.78, 5) is 20.6. The molecule has 8 heteroatoms. The predicted octanol–water partition coefficient (Wildman–Crippen LogP) is 2.44. The number of pyridine rings is 1. The summed E-state index contributed by atoms with van der Waals surface area (Å²) < 4.78 is 17.7. The molecular formula is C20H32BN3O4. The number of piperazine rings is 1. The van der Waals surface area contributed by atoms with Crippen molar-refractivity contribution in [3.8, 4) is 0 Å². The largest absolute Gasteiger partial charge is 0.496 e. The number of hydrogen-bond donors (Lipinski definition) is 0. The summed E-state index contributed by atoms with van der Waals surface area (Å²) in [5.74, 6) is 0. The second-order valence-corrected chi connectivity index (χ2v) is 9.52. The van der Waals surface area contributed by atoms with Gasteiger partial charge in [-0.15, -0.1) is 0 Å². The molecule has 0 bridgehead atoms. The molecule has 0 aromatic carbocycles. The van der Waals surface area contributed by atoms with E-state index in [1.54, 1.807) is 11.1 Å². The lowest BCUT2D eigenvalue weighted by Gasteiger charge is -2.36. The van der Waals surface area contributed by atoms with Gasteiger partial charge in [0.2, 0.25) is 0 Å². The van der Waals surface area contributed by atoms with Gasteiger partial charge in [-0.3, -0.25) is 4.98 Å². The molecule has 0 unspecified atom stereocenters. The first kappa shape index (κ1) is 20.9. The molecule has 2 saturated heterocycles. The maximum atomic E-state index is 12.2. The number of rotatable bonds is 2. The zero-order valence-electron chi connectivity index (χ0n) is 18.1. The van der Waals surface area contributed by atoms with Crippen molar-refractivity contribution in [3.63, 3.8) is 0 Å². The molecule has 2 aliphatic rings. The van der Waals surface area contributed by atoms with E-state index in [1.165, 1.54) is 0 Å². The maximum Gasteiger partial charge on any atom is 0.496 e. The van der Waals surface area contributed by atoms with E-state index in [-0.39, 0.29) is 17.3 Å². The summed E-state index contributed by atoms with van der Waals surface area (Å²) in [5.41, 5.74) is 0.677. The fraction of sp³-hybridized carbons (Fsp3) is 0.700. The van der Waals surface area contributed by atoms with Crippen LogP contribution in [0, 0.1) is 0 Å². The highest BCUT2D eigenvalue weighted by Crippen LogP contribution is 2.36. The Balaban J connectivity index is 1.64. The van der Waals surface area contributed by atoms with Crippen molar-refractivity contribution in [1.29, 1.82) is 0 Å². The van der Waals surface area contributed by atoms with Gasteiger partial charge in [-0.25, -0.2) is 4.79 Å². The van der Waals surface area contributed by atoms with Crippen molar-refractivity contribution >= 4 is 24.4 Å². The molecule has 1 amide bonds. The van der Waals surface area contributed by atoms with E-state index >= 15 is 0 Å². The van der Waals surface area contributed by atoms with Gasteiger partial charge in [-0.05, 0) is 54.5 Å². The van der Waals surface area contributed by atoms with Crippen molar-refractivity contribution in [3.05, 3.63) is 18.5 Å². The van der Waals surface area contributed by atoms with Crippen molar-refractivity contribution in [1.82, 2.24) is 9.88 Å². The van der Waals surface area contributed by atoms with E-state index in [0.29, 0.717) is 13.1 Å². The highest BCUT2D eigenvalue weighted by atomic mass is 16.7. The minimum Gasteiger partial charge on any atom is -0.444 e. The van der Waals surface area contributed by atoms with Gasteiger partial charge in [0.25, 0.3) is 0 Å². The van der Waals surface area contributed by atoms with Gasteiger partial charge in [0, 0.05) is 37.8 Å². The molecule has 1 aromatic rings. The first-order valence-electron chi connectivity index (χ1n) is 9.91. The minimum atomic E-state index is -0.477. The van der Waals surface area contributed by atoms with Gasteiger partial charge < -0.3 is 23.8 Å². The van der Waals surface area contributed by atoms with Crippen LogP contribution in [0.5, 0.6) is 0 Å². The number of anilines is 1. The average Bonchev–Trinajstić information content (AvgIpc) is 2.81. The second kappa shape index (κ2) is 7.23. The van der Waals surface area contributed by atoms with E-state index in [2.05, 4.69) is 16.0 Å². The molecule has 28 heavy (non-hydrogen) atoms. The smallest absolute Gasteiger partial charge is 0.444 e. The van der Waals surface area contributed by atoms with Crippen LogP contribution in [-0.2, 0) is 14.0 Å². The summed E-state index contributed by atoms with van der Waals surface area (Å²) in [7, 11) is -0.430. The Labute approximate surface area is 168 Å². The third kappa shape index (κ3) is 4.44. The standard InChI is InChI=1S/C20H32BN3O4/c1-18(2,3)26-17(25)24-10-8-23(9-11-24)16-12-15(13-22-14-16)21-27-19(4,5)20(6,7)28-21/h12-14H,8-11H2,1-7H3. The number of carbonyl (C=O) groups is 1. The van der Waals surface area contributed by atoms with Gasteiger partial charge in [-0.2, -0.15) is 0 Å². The highest BCUT2D eigenvalue weighted by Gasteiger charge is 2.51. The fourth-order valence-electron chi connectivity index (χ4n) is 3.20. The first-order valence-corrected chi connectivity index (χ1v) is 9.91. The van der Waals surface area contributed by atoms with Crippen LogP contribution < -0.4 is 10.4 Å². The van der Waals surface area contributed by atoms with Gasteiger partial charge in [0.05, 0.1) is 23.1 Å². The van der Waals surface area contributed by atoms with Crippen LogP contribution in [0.15, 0.2) is 18.5 Å². The zero-order chi connectivity index (χ0) is 20.7. The third-order valence-electron chi connectivity index (χ3n) is 5.57. The van der Waals surface area contributed by atoms with E-state index < -0.39 is 12.7 Å². The first-order chi connectivity index (χ1) is 12.9. The predicted molar refractivity (Wildman–Crippen MR) is 110 cm³/mol. The lowest BCUT2D eigenvalue weighted by Crippen LogP contribution is -2.50. The van der Waals surface area contributed by atoms with Crippen LogP contribution >= 0.6 is 0 Å². The SMILES string of the molecule is CC(C)(C)OC(=O)N1CCN(c2cncc(B3OC(C)(C)C(C)(C)O3)c2)CC1. The number of hydrogen-bond acceptors (Lipinski definition) is 6. The maximum absolute atomic E-state index is 12.2. The number of ether oxygens (including phenoxy) is 1. The Hall–Kier alpha value is -1.80. The molecule has 3 heterocycles. The Kier molecular flexibility index (Phi) is 5.40. The summed E-state index contributed by atoms with van der Waals surface area (Å²) in [6.07, 6.45) is 3.39. The number of aromatic nitrogens is 1. The molecule has 0 N–H and O–H groups in total. The third-order valence-corrected chi connectivity index (χ3v) is 5.57. The molecule has 3 rings (SSSR count). The van der Waals surface area contributed by atoms with Crippen molar-refractivity contribution in [2.45, 2.75) is 65.3 Å². The van der Waals surface area contributed by atoms with Crippen molar-refractivity contribution < 1.29 is 18.8 Å². The highest BCUT2D eigenvalue weighted by molar-refractivity contribution is 6.62. The van der Waals surface area contributed by atoms with Gasteiger partial charge in [-0.1, -0.05) is 0 Å². The Morgan fingerprint density at radius 3 is 2.18 bits per heavy atom. The van der Waals surface area contributed by atoms with Crippen LogP contribution in [0.4, 0.5) is 10.5 Å². The topological polar surface area (TPSA) is 64.1 Å². The number of nitrogens with zero attached hydrogens (tertiary/aromatic N) is 3. The molecule has 1 aromatic heterocycles. The van der Waals surface area contributed by atoms with E-state index in [1.807, 2.05) is 54.7 Å². The molecule has 7 nitrogen and oxygen atoms in total. The molecule has 0 spiro atoms. The molecule has 154 valence electrons. The monoisotopic (exact) mass is 389 g/mol. The quantitative estimate of drug-likeness (QED) is 0.724. The zero-order valence-corrected chi connectivity index (χ0v) is 18.1. The summed E-state index contributed by atoms with van der Waals surface area (Å²) in [5, 5.41) is 0. The van der Waals surface area contributed by atoms with Gasteiger partial charge >= 0.3 is 13.2 Å². The van der Waals surface area contributed by atoms with E-state index in [0.717, 1.165) is 24.2 Å². The van der Waals surface area contributed by atoms with Gasteiger partial charge in [0.1, 0.15) is 5.60 Å². The fourth-order valence-corrected chi connectivity index (χ4v) is 3.20. The molecule has 2 aliphatic heterocycles. The number of amides is 1. The normalized spacial score (nSPS) is 21.8.